The molecule has 0 amide bonds. The van der Waals surface area contributed by atoms with Gasteiger partial charge in [0.15, 0.2) is 0 Å². The van der Waals surface area contributed by atoms with Crippen molar-refractivity contribution in [3.05, 3.63) is 0 Å². The summed E-state index contributed by atoms with van der Waals surface area (Å²) in [6, 6.07) is 0.595. The van der Waals surface area contributed by atoms with Gasteiger partial charge in [0.1, 0.15) is 0 Å². The Bertz CT molecular complexity index is 166. The minimum absolute atomic E-state index is 0.0732. The van der Waals surface area contributed by atoms with E-state index in [-0.39, 0.29) is 12.1 Å². The van der Waals surface area contributed by atoms with E-state index in [1.54, 1.807) is 7.11 Å². The summed E-state index contributed by atoms with van der Waals surface area (Å²) in [6.45, 7) is 3.01. The van der Waals surface area contributed by atoms with E-state index in [0.29, 0.717) is 12.6 Å². The average Bonchev–Trinajstić information content (AvgIpc) is 2.19. The van der Waals surface area contributed by atoms with E-state index in [4.69, 9.17) is 9.84 Å². The molecule has 1 aliphatic heterocycles. The van der Waals surface area contributed by atoms with Crippen LogP contribution in [0.5, 0.6) is 0 Å². The van der Waals surface area contributed by atoms with E-state index in [0.717, 1.165) is 6.42 Å². The van der Waals surface area contributed by atoms with Crippen LogP contribution in [0.1, 0.15) is 26.2 Å². The predicted octanol–water partition coefficient (Wildman–Crippen LogP) is 1.26. The molecule has 0 radical (unpaired) electrons. The molecular weight excluding hydrogens is 210 g/mol. The smallest absolute Gasteiger partial charge is 0.0642 e. The maximum Gasteiger partial charge on any atom is 0.0642 e. The third kappa shape index (κ3) is 4.72. The van der Waals surface area contributed by atoms with Crippen LogP contribution in [0.15, 0.2) is 0 Å². The Morgan fingerprint density at radius 2 is 2.13 bits per heavy atom. The predicted molar refractivity (Wildman–Crippen MR) is 65.5 cm³/mol. The van der Waals surface area contributed by atoms with Gasteiger partial charge in [0.05, 0.1) is 6.61 Å². The first-order valence-corrected chi connectivity index (χ1v) is 6.81. The maximum atomic E-state index is 9.06. The van der Waals surface area contributed by atoms with E-state index >= 15 is 0 Å². The van der Waals surface area contributed by atoms with Gasteiger partial charge in [-0.1, -0.05) is 0 Å². The Hall–Kier alpha value is 0.230. The molecule has 1 saturated heterocycles. The summed E-state index contributed by atoms with van der Waals surface area (Å²) in [5.74, 6) is 2.50. The first kappa shape index (κ1) is 13.3. The molecule has 0 aromatic rings. The SMILES string of the molecule is COCC(C)(CCO)NC1CCSCC1. The van der Waals surface area contributed by atoms with E-state index in [1.165, 1.54) is 24.3 Å². The lowest BCUT2D eigenvalue weighted by molar-refractivity contribution is 0.0888. The largest absolute Gasteiger partial charge is 0.396 e. The van der Waals surface area contributed by atoms with Crippen molar-refractivity contribution in [1.29, 1.82) is 0 Å². The van der Waals surface area contributed by atoms with Gasteiger partial charge in [-0.3, -0.25) is 0 Å². The van der Waals surface area contributed by atoms with Gasteiger partial charge >= 0.3 is 0 Å². The molecule has 15 heavy (non-hydrogen) atoms. The number of thioether (sulfide) groups is 1. The van der Waals surface area contributed by atoms with Crippen LogP contribution in [0.2, 0.25) is 0 Å². The van der Waals surface area contributed by atoms with Gasteiger partial charge in [-0.05, 0) is 37.7 Å². The van der Waals surface area contributed by atoms with Gasteiger partial charge in [0.25, 0.3) is 0 Å². The zero-order valence-corrected chi connectivity index (χ0v) is 10.6. The van der Waals surface area contributed by atoms with Crippen LogP contribution in [0.4, 0.5) is 0 Å². The normalized spacial score (nSPS) is 22.6. The average molecular weight is 233 g/mol. The molecule has 0 aromatic heterocycles. The van der Waals surface area contributed by atoms with Crippen molar-refractivity contribution in [2.75, 3.05) is 31.8 Å². The van der Waals surface area contributed by atoms with E-state index in [2.05, 4.69) is 12.2 Å². The van der Waals surface area contributed by atoms with E-state index in [9.17, 15) is 0 Å². The second-order valence-electron chi connectivity index (χ2n) is 4.50. The molecular formula is C11H23NO2S. The summed E-state index contributed by atoms with van der Waals surface area (Å²) in [5.41, 5.74) is -0.0732. The van der Waals surface area contributed by atoms with Crippen LogP contribution in [0.3, 0.4) is 0 Å². The van der Waals surface area contributed by atoms with Crippen LogP contribution in [-0.4, -0.2) is 48.5 Å². The fourth-order valence-corrected chi connectivity index (χ4v) is 3.19. The molecule has 0 aliphatic carbocycles. The molecule has 4 heteroatoms. The minimum Gasteiger partial charge on any atom is -0.396 e. The first-order chi connectivity index (χ1) is 7.20. The van der Waals surface area contributed by atoms with Crippen LogP contribution in [-0.2, 0) is 4.74 Å². The third-order valence-electron chi connectivity index (χ3n) is 2.90. The highest BCUT2D eigenvalue weighted by Crippen LogP contribution is 2.20. The van der Waals surface area contributed by atoms with Gasteiger partial charge in [0, 0.05) is 25.3 Å². The van der Waals surface area contributed by atoms with Crippen molar-refractivity contribution in [2.45, 2.75) is 37.8 Å². The number of rotatable bonds is 6. The standard InChI is InChI=1S/C11H23NO2S/c1-11(5-6-13,9-14-2)12-10-3-7-15-8-4-10/h10,12-13H,3-9H2,1-2H3. The highest BCUT2D eigenvalue weighted by Gasteiger charge is 2.27. The molecule has 0 bridgehead atoms. The number of hydrogen-bond donors (Lipinski definition) is 2. The molecule has 2 N–H and O–H groups in total. The van der Waals surface area contributed by atoms with Crippen molar-refractivity contribution in [3.8, 4) is 0 Å². The topological polar surface area (TPSA) is 41.5 Å². The summed E-state index contributed by atoms with van der Waals surface area (Å²) >= 11 is 2.03. The van der Waals surface area contributed by atoms with Crippen molar-refractivity contribution < 1.29 is 9.84 Å². The highest BCUT2D eigenvalue weighted by atomic mass is 32.2. The van der Waals surface area contributed by atoms with Crippen molar-refractivity contribution in [3.63, 3.8) is 0 Å². The lowest BCUT2D eigenvalue weighted by Crippen LogP contribution is -2.52. The Morgan fingerprint density at radius 3 is 2.67 bits per heavy atom. The minimum atomic E-state index is -0.0732. The second kappa shape index (κ2) is 6.74. The van der Waals surface area contributed by atoms with Crippen molar-refractivity contribution in [2.24, 2.45) is 0 Å². The number of aliphatic hydroxyl groups is 1. The molecule has 1 rings (SSSR count). The van der Waals surface area contributed by atoms with Crippen LogP contribution in [0, 0.1) is 0 Å². The fraction of sp³-hybridized carbons (Fsp3) is 1.00. The van der Waals surface area contributed by atoms with Crippen molar-refractivity contribution in [1.82, 2.24) is 5.32 Å². The number of ether oxygens (including phenoxy) is 1. The van der Waals surface area contributed by atoms with E-state index in [1.807, 2.05) is 11.8 Å². The molecule has 90 valence electrons. The second-order valence-corrected chi connectivity index (χ2v) is 5.72. The molecule has 1 fully saturated rings. The number of hydrogen-bond acceptors (Lipinski definition) is 4. The molecule has 1 aliphatic rings. The number of aliphatic hydroxyl groups excluding tert-OH is 1. The highest BCUT2D eigenvalue weighted by molar-refractivity contribution is 7.99. The summed E-state index contributed by atoms with van der Waals surface area (Å²) in [7, 11) is 1.72. The molecule has 1 unspecified atom stereocenters. The maximum absolute atomic E-state index is 9.06. The van der Waals surface area contributed by atoms with Crippen LogP contribution >= 0.6 is 11.8 Å². The monoisotopic (exact) mass is 233 g/mol. The van der Waals surface area contributed by atoms with Crippen LogP contribution < -0.4 is 5.32 Å². The van der Waals surface area contributed by atoms with Gasteiger partial charge < -0.3 is 15.2 Å². The van der Waals surface area contributed by atoms with Crippen molar-refractivity contribution >= 4 is 11.8 Å². The van der Waals surface area contributed by atoms with Gasteiger partial charge in [-0.15, -0.1) is 0 Å². The lowest BCUT2D eigenvalue weighted by Gasteiger charge is -2.35. The van der Waals surface area contributed by atoms with Crippen LogP contribution in [0.25, 0.3) is 0 Å². The Balaban J connectivity index is 2.40. The number of nitrogens with one attached hydrogen (secondary N) is 1. The molecule has 1 heterocycles. The molecule has 0 spiro atoms. The summed E-state index contributed by atoms with van der Waals surface area (Å²) in [5, 5.41) is 12.7. The van der Waals surface area contributed by atoms with Gasteiger partial charge in [0.2, 0.25) is 0 Å². The number of methoxy groups -OCH3 is 1. The molecule has 0 aromatic carbocycles. The lowest BCUT2D eigenvalue weighted by atomic mass is 9.96. The summed E-state index contributed by atoms with van der Waals surface area (Å²) in [6.07, 6.45) is 3.22. The molecule has 1 atom stereocenters. The first-order valence-electron chi connectivity index (χ1n) is 5.65. The molecule has 3 nitrogen and oxygen atoms in total. The fourth-order valence-electron chi connectivity index (χ4n) is 2.09. The Kier molecular flexibility index (Phi) is 5.97. The Morgan fingerprint density at radius 1 is 1.47 bits per heavy atom. The quantitative estimate of drug-likeness (QED) is 0.725. The zero-order chi connectivity index (χ0) is 11.1. The third-order valence-corrected chi connectivity index (χ3v) is 3.95. The van der Waals surface area contributed by atoms with Gasteiger partial charge in [-0.25, -0.2) is 0 Å². The van der Waals surface area contributed by atoms with E-state index < -0.39 is 0 Å². The zero-order valence-electron chi connectivity index (χ0n) is 9.79. The molecule has 0 saturated carbocycles. The summed E-state index contributed by atoms with van der Waals surface area (Å²) < 4.78 is 5.22. The van der Waals surface area contributed by atoms with Gasteiger partial charge in [-0.2, -0.15) is 11.8 Å². The summed E-state index contributed by atoms with van der Waals surface area (Å²) in [4.78, 5) is 0. The Labute approximate surface area is 97.0 Å².